The van der Waals surface area contributed by atoms with Crippen molar-refractivity contribution in [2.24, 2.45) is 5.16 Å². The lowest BCUT2D eigenvalue weighted by Gasteiger charge is -2.07. The van der Waals surface area contributed by atoms with E-state index in [1.54, 1.807) is 48.5 Å². The molecule has 0 saturated heterocycles. The van der Waals surface area contributed by atoms with Crippen LogP contribution in [0.15, 0.2) is 84.0 Å². The summed E-state index contributed by atoms with van der Waals surface area (Å²) in [6.07, 6.45) is 3.06. The second-order valence-corrected chi connectivity index (χ2v) is 7.16. The van der Waals surface area contributed by atoms with Crippen LogP contribution in [0.1, 0.15) is 11.1 Å². The summed E-state index contributed by atoms with van der Waals surface area (Å²) in [6, 6.07) is 19.8. The third-order valence-corrected chi connectivity index (χ3v) is 4.64. The number of nitro groups is 1. The Morgan fingerprint density at radius 3 is 2.47 bits per heavy atom. The van der Waals surface area contributed by atoms with Crippen LogP contribution in [-0.2, 0) is 9.63 Å². The van der Waals surface area contributed by atoms with Crippen LogP contribution in [0.3, 0.4) is 0 Å². The van der Waals surface area contributed by atoms with Gasteiger partial charge in [0.1, 0.15) is 11.5 Å². The number of carbonyl (C=O) groups is 1. The van der Waals surface area contributed by atoms with E-state index >= 15 is 0 Å². The zero-order valence-corrected chi connectivity index (χ0v) is 18.0. The molecule has 0 radical (unpaired) electrons. The van der Waals surface area contributed by atoms with Gasteiger partial charge >= 0.3 is 5.97 Å². The summed E-state index contributed by atoms with van der Waals surface area (Å²) in [4.78, 5) is 27.8. The first-order chi connectivity index (χ1) is 15.4. The molecule has 0 atom stereocenters. The fourth-order valence-electron chi connectivity index (χ4n) is 2.61. The number of oxime groups is 1. The maximum absolute atomic E-state index is 12.1. The summed E-state index contributed by atoms with van der Waals surface area (Å²) in [5.41, 5.74) is 1.27. The molecule has 0 bridgehead atoms. The van der Waals surface area contributed by atoms with Gasteiger partial charge in [0.05, 0.1) is 15.5 Å². The first-order valence-electron chi connectivity index (χ1n) is 9.26. The van der Waals surface area contributed by atoms with E-state index in [2.05, 4.69) is 5.16 Å². The van der Waals surface area contributed by atoms with Crippen LogP contribution in [0.2, 0.25) is 10.0 Å². The molecule has 0 aliphatic carbocycles. The number of halogens is 2. The molecular formula is C23H16Cl2N2O5. The number of nitrogens with zero attached hydrogens (tertiary/aromatic N) is 2. The zero-order valence-electron chi connectivity index (χ0n) is 16.5. The molecule has 7 nitrogen and oxygen atoms in total. The average Bonchev–Trinajstić information content (AvgIpc) is 2.79. The number of para-hydroxylation sites is 1. The first kappa shape index (κ1) is 23.0. The second-order valence-electron chi connectivity index (χ2n) is 6.32. The van der Waals surface area contributed by atoms with E-state index in [9.17, 15) is 14.9 Å². The minimum atomic E-state index is -0.761. The molecule has 3 rings (SSSR count). The van der Waals surface area contributed by atoms with Gasteiger partial charge < -0.3 is 9.57 Å². The molecule has 0 amide bonds. The summed E-state index contributed by atoms with van der Waals surface area (Å²) in [5.74, 6) is -0.486. The number of rotatable bonds is 8. The molecule has 0 N–H and O–H groups in total. The van der Waals surface area contributed by atoms with Crippen molar-refractivity contribution in [1.29, 1.82) is 0 Å². The lowest BCUT2D eigenvalue weighted by Crippen LogP contribution is -2.13. The van der Waals surface area contributed by atoms with Crippen molar-refractivity contribution < 1.29 is 19.3 Å². The smallest absolute Gasteiger partial charge is 0.372 e. The van der Waals surface area contributed by atoms with Crippen LogP contribution in [0.5, 0.6) is 5.75 Å². The maximum Gasteiger partial charge on any atom is 0.372 e. The molecule has 0 unspecified atom stereocenters. The van der Waals surface area contributed by atoms with E-state index in [1.807, 2.05) is 6.07 Å². The Bertz CT molecular complexity index is 1180. The fraction of sp³-hybridized carbons (Fsp3) is 0.0435. The van der Waals surface area contributed by atoms with Crippen molar-refractivity contribution in [3.63, 3.8) is 0 Å². The zero-order chi connectivity index (χ0) is 22.9. The van der Waals surface area contributed by atoms with Gasteiger partial charge in [-0.2, -0.15) is 0 Å². The maximum atomic E-state index is 12.1. The third kappa shape index (κ3) is 6.41. The molecule has 0 saturated carbocycles. The van der Waals surface area contributed by atoms with Gasteiger partial charge in [0.2, 0.25) is 0 Å². The molecule has 3 aromatic carbocycles. The van der Waals surface area contributed by atoms with Gasteiger partial charge in [-0.15, -0.1) is 0 Å². The van der Waals surface area contributed by atoms with Crippen LogP contribution >= 0.6 is 23.2 Å². The molecule has 0 aliphatic heterocycles. The number of carbonyl (C=O) groups excluding carboxylic acids is 1. The Morgan fingerprint density at radius 2 is 1.75 bits per heavy atom. The van der Waals surface area contributed by atoms with Gasteiger partial charge in [0.15, 0.2) is 6.61 Å². The summed E-state index contributed by atoms with van der Waals surface area (Å²) >= 11 is 11.8. The van der Waals surface area contributed by atoms with Crippen molar-refractivity contribution in [2.75, 3.05) is 6.61 Å². The predicted octanol–water partition coefficient (Wildman–Crippen LogP) is 5.94. The molecule has 32 heavy (non-hydrogen) atoms. The normalized spacial score (nSPS) is 11.4. The standard InChI is InChI=1S/C23H16Cl2N2O5/c24-18-11-13-22(19(25)14-18)31-15-23(28)32-26-20(16-6-2-1-3-7-16)12-10-17-8-4-5-9-21(17)27(29)30/h1-14H,15H2. The minimum Gasteiger partial charge on any atom is -0.480 e. The molecular weight excluding hydrogens is 455 g/mol. The monoisotopic (exact) mass is 470 g/mol. The molecule has 0 aromatic heterocycles. The summed E-state index contributed by atoms with van der Waals surface area (Å²) < 4.78 is 5.34. The van der Waals surface area contributed by atoms with Gasteiger partial charge in [-0.05, 0) is 36.4 Å². The van der Waals surface area contributed by atoms with Gasteiger partial charge in [0, 0.05) is 16.7 Å². The summed E-state index contributed by atoms with van der Waals surface area (Å²) in [6.45, 7) is -0.430. The lowest BCUT2D eigenvalue weighted by molar-refractivity contribution is -0.385. The number of hydrogen-bond acceptors (Lipinski definition) is 6. The van der Waals surface area contributed by atoms with E-state index < -0.39 is 17.5 Å². The lowest BCUT2D eigenvalue weighted by atomic mass is 10.1. The van der Waals surface area contributed by atoms with Crippen LogP contribution in [0, 0.1) is 10.1 Å². The Hall–Kier alpha value is -3.68. The predicted molar refractivity (Wildman–Crippen MR) is 123 cm³/mol. The molecule has 0 aliphatic rings. The number of ether oxygens (including phenoxy) is 1. The van der Waals surface area contributed by atoms with Crippen molar-refractivity contribution in [2.45, 2.75) is 0 Å². The Balaban J connectivity index is 1.76. The second kappa shape index (κ2) is 11.1. The average molecular weight is 471 g/mol. The number of benzene rings is 3. The van der Waals surface area contributed by atoms with E-state index in [1.165, 1.54) is 30.4 Å². The fourth-order valence-corrected chi connectivity index (χ4v) is 3.07. The highest BCUT2D eigenvalue weighted by Crippen LogP contribution is 2.27. The van der Waals surface area contributed by atoms with Crippen LogP contribution in [0.25, 0.3) is 6.08 Å². The van der Waals surface area contributed by atoms with Crippen LogP contribution < -0.4 is 4.74 Å². The largest absolute Gasteiger partial charge is 0.480 e. The number of hydrogen-bond donors (Lipinski definition) is 0. The van der Waals surface area contributed by atoms with E-state index in [-0.39, 0.29) is 16.5 Å². The van der Waals surface area contributed by atoms with Crippen molar-refractivity contribution >= 4 is 46.6 Å². The number of nitro benzene ring substituents is 1. The van der Waals surface area contributed by atoms with E-state index in [4.69, 9.17) is 32.8 Å². The molecule has 0 heterocycles. The van der Waals surface area contributed by atoms with Gasteiger partial charge in [-0.1, -0.05) is 70.8 Å². The van der Waals surface area contributed by atoms with Crippen molar-refractivity contribution in [3.8, 4) is 5.75 Å². The SMILES string of the molecule is O=C(COc1ccc(Cl)cc1Cl)ON=C(C=Cc1ccccc1[N+](=O)[O-])c1ccccc1. The Kier molecular flexibility index (Phi) is 7.96. The number of allylic oxidation sites excluding steroid dienone is 1. The minimum absolute atomic E-state index is 0.0543. The Labute approximate surface area is 193 Å². The van der Waals surface area contributed by atoms with Crippen LogP contribution in [-0.4, -0.2) is 23.2 Å². The summed E-state index contributed by atoms with van der Waals surface area (Å²) in [7, 11) is 0. The summed E-state index contributed by atoms with van der Waals surface area (Å²) in [5, 5.41) is 15.8. The molecule has 0 fully saturated rings. The highest BCUT2D eigenvalue weighted by atomic mass is 35.5. The molecule has 3 aromatic rings. The van der Waals surface area contributed by atoms with Gasteiger partial charge in [-0.3, -0.25) is 10.1 Å². The van der Waals surface area contributed by atoms with E-state index in [0.29, 0.717) is 21.9 Å². The Morgan fingerprint density at radius 1 is 1.03 bits per heavy atom. The molecule has 162 valence electrons. The third-order valence-electron chi connectivity index (χ3n) is 4.11. The molecule has 0 spiro atoms. The highest BCUT2D eigenvalue weighted by molar-refractivity contribution is 6.35. The van der Waals surface area contributed by atoms with E-state index in [0.717, 1.165) is 0 Å². The highest BCUT2D eigenvalue weighted by Gasteiger charge is 2.11. The molecule has 9 heteroatoms. The van der Waals surface area contributed by atoms with Crippen molar-refractivity contribution in [1.82, 2.24) is 0 Å². The van der Waals surface area contributed by atoms with Gasteiger partial charge in [0.25, 0.3) is 5.69 Å². The quantitative estimate of drug-likeness (QED) is 0.176. The van der Waals surface area contributed by atoms with Crippen LogP contribution in [0.4, 0.5) is 5.69 Å². The first-order valence-corrected chi connectivity index (χ1v) is 10.0. The van der Waals surface area contributed by atoms with Gasteiger partial charge in [-0.25, -0.2) is 4.79 Å². The van der Waals surface area contributed by atoms with Crippen molar-refractivity contribution in [3.05, 3.63) is 110 Å². The topological polar surface area (TPSA) is 91.0 Å².